The first-order chi connectivity index (χ1) is 9.83. The zero-order valence-corrected chi connectivity index (χ0v) is 14.9. The van der Waals surface area contributed by atoms with E-state index in [0.29, 0.717) is 11.5 Å². The second-order valence-corrected chi connectivity index (χ2v) is 7.71. The smallest absolute Gasteiger partial charge is 0.242 e. The molecule has 3 N–H and O–H groups in total. The Bertz CT molecular complexity index is 779. The summed E-state index contributed by atoms with van der Waals surface area (Å²) < 4.78 is 33.1. The maximum absolute atomic E-state index is 11.7. The normalized spacial score (nSPS) is 11.4. The number of hydrogen-bond donors (Lipinski definition) is 2. The van der Waals surface area contributed by atoms with Crippen molar-refractivity contribution in [2.45, 2.75) is 4.90 Å². The average Bonchev–Trinajstić information content (AvgIpc) is 2.42. The third-order valence-corrected chi connectivity index (χ3v) is 5.26. The summed E-state index contributed by atoms with van der Waals surface area (Å²) in [5, 5.41) is 0. The van der Waals surface area contributed by atoms with Crippen LogP contribution in [0.5, 0.6) is 11.5 Å². The summed E-state index contributed by atoms with van der Waals surface area (Å²) in [5.74, 6) is 1.05. The van der Waals surface area contributed by atoms with E-state index in [1.807, 2.05) is 12.1 Å². The predicted molar refractivity (Wildman–Crippen MR) is 89.0 cm³/mol. The molecule has 2 rings (SSSR count). The molecule has 0 aromatic heterocycles. The zero-order chi connectivity index (χ0) is 15.6. The molecule has 5 nitrogen and oxygen atoms in total. The number of hydrogen-bond acceptors (Lipinski definition) is 4. The van der Waals surface area contributed by atoms with Crippen LogP contribution in [0, 0.1) is 0 Å². The molecule has 0 aliphatic heterocycles. The molecule has 0 aliphatic carbocycles. The van der Waals surface area contributed by atoms with Gasteiger partial charge in [-0.3, -0.25) is 0 Å². The number of anilines is 1. The van der Waals surface area contributed by atoms with Gasteiger partial charge in [0.1, 0.15) is 16.4 Å². The van der Waals surface area contributed by atoms with Gasteiger partial charge in [-0.1, -0.05) is 15.9 Å². The molecule has 0 radical (unpaired) electrons. The van der Waals surface area contributed by atoms with E-state index < -0.39 is 10.0 Å². The Hall–Kier alpha value is -1.09. The first-order valence-corrected chi connectivity index (χ1v) is 8.86. The van der Waals surface area contributed by atoms with E-state index in [9.17, 15) is 8.42 Å². The van der Waals surface area contributed by atoms with Gasteiger partial charge in [-0.2, -0.15) is 0 Å². The van der Waals surface area contributed by atoms with Crippen LogP contribution in [-0.2, 0) is 10.0 Å². The van der Waals surface area contributed by atoms with Gasteiger partial charge in [0.25, 0.3) is 0 Å². The summed E-state index contributed by atoms with van der Waals surface area (Å²) in [6.07, 6.45) is 0. The molecule has 0 saturated heterocycles. The van der Waals surface area contributed by atoms with Crippen LogP contribution in [0.25, 0.3) is 0 Å². The maximum Gasteiger partial charge on any atom is 0.242 e. The van der Waals surface area contributed by atoms with Gasteiger partial charge in [0.2, 0.25) is 10.0 Å². The topological polar surface area (TPSA) is 81.4 Å². The third kappa shape index (κ3) is 3.76. The molecule has 0 spiro atoms. The van der Waals surface area contributed by atoms with E-state index in [1.54, 1.807) is 12.1 Å². The number of halogens is 2. The summed E-state index contributed by atoms with van der Waals surface area (Å²) >= 11 is 6.74. The Morgan fingerprint density at radius 3 is 2.43 bits per heavy atom. The molecule has 0 fully saturated rings. The third-order valence-electron chi connectivity index (χ3n) is 2.66. The van der Waals surface area contributed by atoms with E-state index >= 15 is 0 Å². The van der Waals surface area contributed by atoms with Crippen molar-refractivity contribution in [1.29, 1.82) is 0 Å². The average molecular weight is 436 g/mol. The Balaban J connectivity index is 2.33. The Morgan fingerprint density at radius 2 is 1.86 bits per heavy atom. The lowest BCUT2D eigenvalue weighted by Crippen LogP contribution is -2.19. The van der Waals surface area contributed by atoms with Crippen molar-refractivity contribution < 1.29 is 13.2 Å². The van der Waals surface area contributed by atoms with Crippen LogP contribution in [0.2, 0.25) is 0 Å². The molecule has 112 valence electrons. The summed E-state index contributed by atoms with van der Waals surface area (Å²) in [7, 11) is -2.25. The minimum atomic E-state index is -3.58. The molecule has 2 aromatic carbocycles. The van der Waals surface area contributed by atoms with Gasteiger partial charge in [0.05, 0.1) is 10.2 Å². The van der Waals surface area contributed by atoms with Crippen LogP contribution in [0.3, 0.4) is 0 Å². The highest BCUT2D eigenvalue weighted by molar-refractivity contribution is 9.11. The van der Waals surface area contributed by atoms with Crippen LogP contribution >= 0.6 is 31.9 Å². The fourth-order valence-electron chi connectivity index (χ4n) is 1.63. The van der Waals surface area contributed by atoms with Crippen molar-refractivity contribution in [2.75, 3.05) is 12.8 Å². The van der Waals surface area contributed by atoms with Crippen molar-refractivity contribution in [1.82, 2.24) is 4.72 Å². The Morgan fingerprint density at radius 1 is 1.14 bits per heavy atom. The molecule has 0 heterocycles. The van der Waals surface area contributed by atoms with Gasteiger partial charge in [-0.15, -0.1) is 0 Å². The Kier molecular flexibility index (Phi) is 4.92. The monoisotopic (exact) mass is 434 g/mol. The number of nitrogens with two attached hydrogens (primary N) is 1. The molecule has 2 aromatic rings. The molecule has 21 heavy (non-hydrogen) atoms. The van der Waals surface area contributed by atoms with Crippen molar-refractivity contribution in [3.63, 3.8) is 0 Å². The molecule has 0 amide bonds. The fourth-order valence-corrected chi connectivity index (χ4v) is 3.59. The van der Waals surface area contributed by atoms with Gasteiger partial charge in [0, 0.05) is 10.5 Å². The second kappa shape index (κ2) is 6.35. The number of nitrogen functional groups attached to an aromatic ring is 1. The van der Waals surface area contributed by atoms with Crippen molar-refractivity contribution >= 4 is 47.6 Å². The lowest BCUT2D eigenvalue weighted by atomic mass is 10.3. The summed E-state index contributed by atoms with van der Waals surface area (Å²) in [6, 6.07) is 9.89. The van der Waals surface area contributed by atoms with Gasteiger partial charge >= 0.3 is 0 Å². The highest BCUT2D eigenvalue weighted by Crippen LogP contribution is 2.33. The highest BCUT2D eigenvalue weighted by Gasteiger charge is 2.16. The Labute approximate surface area is 139 Å². The second-order valence-electron chi connectivity index (χ2n) is 4.08. The summed E-state index contributed by atoms with van der Waals surface area (Å²) in [5.41, 5.74) is 5.90. The first kappa shape index (κ1) is 16.3. The molecule has 0 bridgehead atoms. The number of ether oxygens (including phenoxy) is 1. The van der Waals surface area contributed by atoms with Gasteiger partial charge < -0.3 is 10.5 Å². The maximum atomic E-state index is 11.7. The zero-order valence-electron chi connectivity index (χ0n) is 10.9. The van der Waals surface area contributed by atoms with E-state index in [-0.39, 0.29) is 10.6 Å². The van der Waals surface area contributed by atoms with Gasteiger partial charge in [-0.25, -0.2) is 13.1 Å². The summed E-state index contributed by atoms with van der Waals surface area (Å²) in [4.78, 5) is 0.0206. The van der Waals surface area contributed by atoms with Crippen LogP contribution in [0.1, 0.15) is 0 Å². The standard InChI is InChI=1S/C13H12Br2N2O3S/c1-17-21(18,19)13-5-3-9(7-11(13)16)20-12-4-2-8(14)6-10(12)15/h2-7,17H,16H2,1H3. The van der Waals surface area contributed by atoms with Gasteiger partial charge in [0.15, 0.2) is 0 Å². The highest BCUT2D eigenvalue weighted by atomic mass is 79.9. The molecule has 8 heteroatoms. The molecule has 0 aliphatic rings. The number of benzene rings is 2. The van der Waals surface area contributed by atoms with Crippen LogP contribution < -0.4 is 15.2 Å². The number of rotatable bonds is 4. The van der Waals surface area contributed by atoms with Crippen molar-refractivity contribution in [2.24, 2.45) is 0 Å². The summed E-state index contributed by atoms with van der Waals surface area (Å²) in [6.45, 7) is 0. The molecular formula is C13H12Br2N2O3S. The van der Waals surface area contributed by atoms with Crippen molar-refractivity contribution in [3.05, 3.63) is 45.3 Å². The SMILES string of the molecule is CNS(=O)(=O)c1ccc(Oc2ccc(Br)cc2Br)cc1N. The van der Waals surface area contributed by atoms with Crippen LogP contribution in [0.4, 0.5) is 5.69 Å². The molecule has 0 saturated carbocycles. The van der Waals surface area contributed by atoms with Crippen molar-refractivity contribution in [3.8, 4) is 11.5 Å². The predicted octanol–water partition coefficient (Wildman–Crippen LogP) is 3.49. The quantitative estimate of drug-likeness (QED) is 0.720. The lowest BCUT2D eigenvalue weighted by molar-refractivity contribution is 0.479. The number of nitrogens with one attached hydrogen (secondary N) is 1. The molecule has 0 unspecified atom stereocenters. The van der Waals surface area contributed by atoms with Crippen LogP contribution in [-0.4, -0.2) is 15.5 Å². The molecular weight excluding hydrogens is 424 g/mol. The number of sulfonamides is 1. The fraction of sp³-hybridized carbons (Fsp3) is 0.0769. The van der Waals surface area contributed by atoms with Crippen LogP contribution in [0.15, 0.2) is 50.2 Å². The van der Waals surface area contributed by atoms with E-state index in [0.717, 1.165) is 8.95 Å². The van der Waals surface area contributed by atoms with E-state index in [1.165, 1.54) is 19.2 Å². The first-order valence-electron chi connectivity index (χ1n) is 5.79. The minimum absolute atomic E-state index is 0.0206. The van der Waals surface area contributed by atoms with E-state index in [2.05, 4.69) is 36.6 Å². The van der Waals surface area contributed by atoms with Gasteiger partial charge in [-0.05, 0) is 53.3 Å². The van der Waals surface area contributed by atoms with E-state index in [4.69, 9.17) is 10.5 Å². The molecule has 0 atom stereocenters. The lowest BCUT2D eigenvalue weighted by Gasteiger charge is -2.11. The largest absolute Gasteiger partial charge is 0.456 e. The minimum Gasteiger partial charge on any atom is -0.456 e.